The maximum Gasteiger partial charge on any atom is 0.243 e. The van der Waals surface area contributed by atoms with Crippen LogP contribution in [0.25, 0.3) is 0 Å². The highest BCUT2D eigenvalue weighted by molar-refractivity contribution is 7.89. The van der Waals surface area contributed by atoms with Crippen molar-refractivity contribution >= 4 is 39.2 Å². The standard InChI is InChI=1S/C29H25ClFN5O5S/c30-19-3-1-4-21(16-19)33-29-32-13-12-23(34-29)27(18-6-11-25-26(15-18)41-17-40-25)35-28(37)24-5-2-14-36(24)42(38,39)22-9-7-20(31)8-10-22/h1,3-4,6-13,15-16,24,27H,2,5,14,17H2,(H,35,37)(H,32,33,34)/t24-,27?/m0/s1. The number of nitrogens with one attached hydrogen (secondary N) is 2. The monoisotopic (exact) mass is 609 g/mol. The molecule has 10 nitrogen and oxygen atoms in total. The Labute approximate surface area is 246 Å². The highest BCUT2D eigenvalue weighted by atomic mass is 35.5. The van der Waals surface area contributed by atoms with Gasteiger partial charge in [0.1, 0.15) is 11.9 Å². The Bertz CT molecular complexity index is 1740. The zero-order valence-corrected chi connectivity index (χ0v) is 23.6. The number of aromatic nitrogens is 2. The number of hydrogen-bond acceptors (Lipinski definition) is 8. The van der Waals surface area contributed by atoms with Gasteiger partial charge < -0.3 is 20.1 Å². The molecule has 1 saturated heterocycles. The summed E-state index contributed by atoms with van der Waals surface area (Å²) in [5.41, 5.74) is 1.77. The number of nitrogens with zero attached hydrogens (tertiary/aromatic N) is 3. The number of amides is 1. The molecular formula is C29H25ClFN5O5S. The molecule has 0 spiro atoms. The van der Waals surface area contributed by atoms with Gasteiger partial charge in [0.15, 0.2) is 11.5 Å². The number of anilines is 2. The van der Waals surface area contributed by atoms with E-state index < -0.39 is 33.8 Å². The summed E-state index contributed by atoms with van der Waals surface area (Å²) in [6, 6.07) is 16.8. The quantitative estimate of drug-likeness (QED) is 0.292. The van der Waals surface area contributed by atoms with Crippen molar-refractivity contribution in [2.24, 2.45) is 0 Å². The lowest BCUT2D eigenvalue weighted by Crippen LogP contribution is -2.47. The van der Waals surface area contributed by atoms with Crippen molar-refractivity contribution in [1.82, 2.24) is 19.6 Å². The molecule has 4 aromatic rings. The summed E-state index contributed by atoms with van der Waals surface area (Å²) < 4.78 is 52.5. The van der Waals surface area contributed by atoms with Crippen LogP contribution in [0.4, 0.5) is 16.0 Å². The first kappa shape index (κ1) is 27.9. The van der Waals surface area contributed by atoms with E-state index in [1.807, 2.05) is 6.07 Å². The zero-order valence-electron chi connectivity index (χ0n) is 22.0. The van der Waals surface area contributed by atoms with Crippen molar-refractivity contribution in [3.05, 3.63) is 101 Å². The second-order valence-electron chi connectivity index (χ2n) is 9.72. The Hall–Kier alpha value is -4.26. The number of benzene rings is 3. The van der Waals surface area contributed by atoms with Crippen molar-refractivity contribution in [2.45, 2.75) is 29.8 Å². The Kier molecular flexibility index (Phi) is 7.67. The molecule has 216 valence electrons. The molecule has 0 bridgehead atoms. The van der Waals surface area contributed by atoms with E-state index in [2.05, 4.69) is 20.6 Å². The normalized spacial score (nSPS) is 17.1. The summed E-state index contributed by atoms with van der Waals surface area (Å²) in [4.78, 5) is 22.7. The Morgan fingerprint density at radius 1 is 1.05 bits per heavy atom. The number of rotatable bonds is 8. The molecule has 3 aromatic carbocycles. The summed E-state index contributed by atoms with van der Waals surface area (Å²) in [6.45, 7) is 0.239. The van der Waals surface area contributed by atoms with Crippen LogP contribution in [-0.4, -0.2) is 48.0 Å². The van der Waals surface area contributed by atoms with Crippen LogP contribution in [0.1, 0.15) is 30.1 Å². The molecule has 2 aliphatic rings. The number of carbonyl (C=O) groups excluding carboxylic acids is 1. The first-order valence-electron chi connectivity index (χ1n) is 13.1. The molecular weight excluding hydrogens is 585 g/mol. The Morgan fingerprint density at radius 2 is 1.86 bits per heavy atom. The summed E-state index contributed by atoms with van der Waals surface area (Å²) in [5, 5.41) is 6.66. The van der Waals surface area contributed by atoms with E-state index in [-0.39, 0.29) is 24.2 Å². The van der Waals surface area contributed by atoms with Gasteiger partial charge in [-0.3, -0.25) is 4.79 Å². The third-order valence-corrected chi connectivity index (χ3v) is 9.15. The second kappa shape index (κ2) is 11.6. The molecule has 2 atom stereocenters. The lowest BCUT2D eigenvalue weighted by atomic mass is 10.0. The fourth-order valence-electron chi connectivity index (χ4n) is 4.98. The van der Waals surface area contributed by atoms with Gasteiger partial charge in [-0.05, 0) is 79.1 Å². The van der Waals surface area contributed by atoms with Gasteiger partial charge in [-0.25, -0.2) is 22.8 Å². The van der Waals surface area contributed by atoms with E-state index in [0.717, 1.165) is 12.1 Å². The fourth-order valence-corrected chi connectivity index (χ4v) is 6.83. The van der Waals surface area contributed by atoms with Crippen molar-refractivity contribution < 1.29 is 27.1 Å². The molecule has 1 unspecified atom stereocenters. The number of fused-ring (bicyclic) bond motifs is 1. The van der Waals surface area contributed by atoms with Crippen molar-refractivity contribution in [3.8, 4) is 11.5 Å². The van der Waals surface area contributed by atoms with Crippen molar-refractivity contribution in [1.29, 1.82) is 0 Å². The number of ether oxygens (including phenoxy) is 2. The number of hydrogen-bond donors (Lipinski definition) is 2. The van der Waals surface area contributed by atoms with Gasteiger partial charge in [-0.2, -0.15) is 4.31 Å². The number of carbonyl (C=O) groups is 1. The average Bonchev–Trinajstić information content (AvgIpc) is 3.66. The molecule has 1 amide bonds. The molecule has 42 heavy (non-hydrogen) atoms. The van der Waals surface area contributed by atoms with Gasteiger partial charge >= 0.3 is 0 Å². The SMILES string of the molecule is O=C(NC(c1ccc2c(c1)OCO2)c1ccnc(Nc2cccc(Cl)c2)n1)[C@@H]1CCCN1S(=O)(=O)c1ccc(F)cc1. The Balaban J connectivity index is 1.31. The molecule has 1 aromatic heterocycles. The fraction of sp³-hybridized carbons (Fsp3) is 0.207. The predicted octanol–water partition coefficient (Wildman–Crippen LogP) is 4.80. The highest BCUT2D eigenvalue weighted by Gasteiger charge is 2.40. The molecule has 1 fully saturated rings. The Morgan fingerprint density at radius 3 is 2.67 bits per heavy atom. The largest absolute Gasteiger partial charge is 0.454 e. The zero-order chi connectivity index (χ0) is 29.3. The van der Waals surface area contributed by atoms with E-state index in [1.54, 1.807) is 48.7 Å². The summed E-state index contributed by atoms with van der Waals surface area (Å²) in [6.07, 6.45) is 2.38. The van der Waals surface area contributed by atoms with Gasteiger partial charge in [0.2, 0.25) is 28.7 Å². The number of halogens is 2. The first-order valence-corrected chi connectivity index (χ1v) is 14.9. The van der Waals surface area contributed by atoms with Gasteiger partial charge in [-0.1, -0.05) is 23.7 Å². The van der Waals surface area contributed by atoms with E-state index in [0.29, 0.717) is 46.3 Å². The highest BCUT2D eigenvalue weighted by Crippen LogP contribution is 2.36. The summed E-state index contributed by atoms with van der Waals surface area (Å²) in [5.74, 6) is 0.312. The van der Waals surface area contributed by atoms with E-state index in [1.165, 1.54) is 16.4 Å². The van der Waals surface area contributed by atoms with Crippen molar-refractivity contribution in [2.75, 3.05) is 18.7 Å². The minimum absolute atomic E-state index is 0.0787. The van der Waals surface area contributed by atoms with Gasteiger partial charge in [0, 0.05) is 23.5 Å². The van der Waals surface area contributed by atoms with Crippen LogP contribution in [-0.2, 0) is 14.8 Å². The third kappa shape index (κ3) is 5.73. The summed E-state index contributed by atoms with van der Waals surface area (Å²) in [7, 11) is -4.04. The minimum atomic E-state index is -4.04. The molecule has 2 N–H and O–H groups in total. The first-order chi connectivity index (χ1) is 20.3. The van der Waals surface area contributed by atoms with Crippen LogP contribution < -0.4 is 20.1 Å². The average molecular weight is 610 g/mol. The minimum Gasteiger partial charge on any atom is -0.454 e. The lowest BCUT2D eigenvalue weighted by Gasteiger charge is -2.26. The molecule has 2 aliphatic heterocycles. The number of sulfonamides is 1. The molecule has 13 heteroatoms. The molecule has 0 radical (unpaired) electrons. The van der Waals surface area contributed by atoms with Crippen LogP contribution in [0, 0.1) is 5.82 Å². The van der Waals surface area contributed by atoms with Crippen LogP contribution >= 0.6 is 11.6 Å². The smallest absolute Gasteiger partial charge is 0.243 e. The summed E-state index contributed by atoms with van der Waals surface area (Å²) >= 11 is 6.11. The molecule has 0 saturated carbocycles. The molecule has 3 heterocycles. The third-order valence-electron chi connectivity index (χ3n) is 7.00. The van der Waals surface area contributed by atoms with Crippen molar-refractivity contribution in [3.63, 3.8) is 0 Å². The maximum atomic E-state index is 13.8. The van der Waals surface area contributed by atoms with Gasteiger partial charge in [0.05, 0.1) is 16.6 Å². The van der Waals surface area contributed by atoms with Gasteiger partial charge in [-0.15, -0.1) is 0 Å². The van der Waals surface area contributed by atoms with Crippen LogP contribution in [0.2, 0.25) is 5.02 Å². The van der Waals surface area contributed by atoms with E-state index >= 15 is 0 Å². The van der Waals surface area contributed by atoms with Crippen LogP contribution in [0.3, 0.4) is 0 Å². The van der Waals surface area contributed by atoms with Crippen LogP contribution in [0.5, 0.6) is 11.5 Å². The molecule has 6 rings (SSSR count). The van der Waals surface area contributed by atoms with Crippen LogP contribution in [0.15, 0.2) is 83.9 Å². The van der Waals surface area contributed by atoms with Gasteiger partial charge in [0.25, 0.3) is 0 Å². The topological polar surface area (TPSA) is 123 Å². The second-order valence-corrected chi connectivity index (χ2v) is 12.0. The predicted molar refractivity (Wildman–Crippen MR) is 153 cm³/mol. The lowest BCUT2D eigenvalue weighted by molar-refractivity contribution is -0.124. The molecule has 0 aliphatic carbocycles. The van der Waals surface area contributed by atoms with E-state index in [9.17, 15) is 17.6 Å². The van der Waals surface area contributed by atoms with E-state index in [4.69, 9.17) is 21.1 Å². The maximum absolute atomic E-state index is 13.8.